The van der Waals surface area contributed by atoms with E-state index < -0.39 is 14.9 Å². The molecule has 0 aliphatic carbocycles. The first-order chi connectivity index (χ1) is 20.2. The lowest BCUT2D eigenvalue weighted by atomic mass is 10.1. The average Bonchev–Trinajstić information content (AvgIpc) is 3.35. The summed E-state index contributed by atoms with van der Waals surface area (Å²) in [5.74, 6) is -0.327. The Morgan fingerprint density at radius 1 is 0.881 bits per heavy atom. The zero-order valence-electron chi connectivity index (χ0n) is 22.9. The third-order valence-corrected chi connectivity index (χ3v) is 9.45. The number of aryl methyl sites for hydroxylation is 1. The molecule has 3 heterocycles. The molecule has 1 aliphatic rings. The number of benzene rings is 3. The van der Waals surface area contributed by atoms with E-state index in [1.165, 1.54) is 34.6 Å². The maximum absolute atomic E-state index is 13.7. The fourth-order valence-electron chi connectivity index (χ4n) is 5.33. The Balaban J connectivity index is 1.30. The highest BCUT2D eigenvalue weighted by Gasteiger charge is 2.30. The number of rotatable bonds is 7. The molecule has 3 aromatic carbocycles. The summed E-state index contributed by atoms with van der Waals surface area (Å²) >= 11 is 0. The van der Waals surface area contributed by atoms with Crippen molar-refractivity contribution in [3.8, 4) is 22.4 Å². The smallest absolute Gasteiger partial charge is 0.270 e. The standard InChI is InChI=1S/C31H28FN5O4S/c1-22-4-2-5-24(18-22)25-10-13-30-33-31(23-8-11-26(32)12-9-23)29(36(30)20-25)21-34-14-16-35(17-15-34)42(40,41)28-7-3-6-27(19-28)37(38)39/h2-13,18-20H,14-17,21H2,1H3. The second-order valence-corrected chi connectivity index (χ2v) is 12.3. The summed E-state index contributed by atoms with van der Waals surface area (Å²) in [5, 5.41) is 11.2. The lowest BCUT2D eigenvalue weighted by molar-refractivity contribution is -0.385. The van der Waals surface area contributed by atoms with Gasteiger partial charge in [-0.2, -0.15) is 4.31 Å². The van der Waals surface area contributed by atoms with Crippen molar-refractivity contribution in [1.29, 1.82) is 0 Å². The number of fused-ring (bicyclic) bond motifs is 1. The second-order valence-electron chi connectivity index (χ2n) is 10.4. The molecule has 11 heteroatoms. The SMILES string of the molecule is Cc1cccc(-c2ccc3nc(-c4ccc(F)cc4)c(CN4CCN(S(=O)(=O)c5cccc([N+](=O)[O-])c5)CC4)n3c2)c1. The molecule has 1 fully saturated rings. The Hall–Kier alpha value is -4.45. The van der Waals surface area contributed by atoms with Gasteiger partial charge in [0.05, 0.1) is 21.2 Å². The van der Waals surface area contributed by atoms with E-state index in [1.807, 2.05) is 18.2 Å². The Morgan fingerprint density at radius 2 is 1.60 bits per heavy atom. The normalized spacial score (nSPS) is 14.8. The van der Waals surface area contributed by atoms with Crippen LogP contribution in [0.4, 0.5) is 10.1 Å². The third kappa shape index (κ3) is 5.41. The number of halogens is 1. The minimum absolute atomic E-state index is 0.0887. The van der Waals surface area contributed by atoms with Gasteiger partial charge < -0.3 is 4.40 Å². The molecule has 0 N–H and O–H groups in total. The van der Waals surface area contributed by atoms with E-state index >= 15 is 0 Å². The molecule has 1 saturated heterocycles. The number of imidazole rings is 1. The quantitative estimate of drug-likeness (QED) is 0.184. The average molecular weight is 586 g/mol. The zero-order valence-corrected chi connectivity index (χ0v) is 23.7. The molecular formula is C31H28FN5O4S. The lowest BCUT2D eigenvalue weighted by Crippen LogP contribution is -2.48. The van der Waals surface area contributed by atoms with E-state index in [9.17, 15) is 22.9 Å². The third-order valence-electron chi connectivity index (χ3n) is 7.56. The van der Waals surface area contributed by atoms with Crippen molar-refractivity contribution < 1.29 is 17.7 Å². The van der Waals surface area contributed by atoms with Gasteiger partial charge in [0.1, 0.15) is 11.5 Å². The molecule has 2 aromatic heterocycles. The molecule has 1 aliphatic heterocycles. The zero-order chi connectivity index (χ0) is 29.4. The van der Waals surface area contributed by atoms with Crippen LogP contribution in [-0.4, -0.2) is 58.1 Å². The van der Waals surface area contributed by atoms with Crippen LogP contribution >= 0.6 is 0 Å². The minimum Gasteiger partial charge on any atom is -0.301 e. The summed E-state index contributed by atoms with van der Waals surface area (Å²) < 4.78 is 43.7. The molecule has 0 spiro atoms. The van der Waals surface area contributed by atoms with Gasteiger partial charge in [-0.3, -0.25) is 15.0 Å². The molecule has 0 bridgehead atoms. The molecule has 42 heavy (non-hydrogen) atoms. The van der Waals surface area contributed by atoms with E-state index in [0.717, 1.165) is 45.4 Å². The van der Waals surface area contributed by atoms with Gasteiger partial charge in [0.2, 0.25) is 10.0 Å². The summed E-state index contributed by atoms with van der Waals surface area (Å²) in [7, 11) is -3.88. The van der Waals surface area contributed by atoms with Crippen molar-refractivity contribution in [3.63, 3.8) is 0 Å². The number of nitro groups is 1. The van der Waals surface area contributed by atoms with Crippen molar-refractivity contribution in [3.05, 3.63) is 118 Å². The van der Waals surface area contributed by atoms with Crippen molar-refractivity contribution in [2.24, 2.45) is 0 Å². The molecule has 0 atom stereocenters. The maximum Gasteiger partial charge on any atom is 0.270 e. The van der Waals surface area contributed by atoms with E-state index in [2.05, 4.69) is 40.6 Å². The van der Waals surface area contributed by atoms with Crippen LogP contribution in [-0.2, 0) is 16.6 Å². The number of pyridine rings is 1. The van der Waals surface area contributed by atoms with E-state index in [4.69, 9.17) is 4.98 Å². The number of hydrogen-bond acceptors (Lipinski definition) is 6. The first-order valence-electron chi connectivity index (χ1n) is 13.5. The number of hydrogen-bond donors (Lipinski definition) is 0. The van der Waals surface area contributed by atoms with Gasteiger partial charge in [-0.05, 0) is 60.5 Å². The number of non-ortho nitro benzene ring substituents is 1. The second kappa shape index (κ2) is 11.1. The highest BCUT2D eigenvalue weighted by Crippen LogP contribution is 2.30. The fourth-order valence-corrected chi connectivity index (χ4v) is 6.79. The van der Waals surface area contributed by atoms with Crippen LogP contribution in [0.1, 0.15) is 11.3 Å². The molecule has 0 saturated carbocycles. The van der Waals surface area contributed by atoms with Gasteiger partial charge >= 0.3 is 0 Å². The van der Waals surface area contributed by atoms with Crippen LogP contribution in [0, 0.1) is 22.9 Å². The van der Waals surface area contributed by atoms with Crippen LogP contribution in [0.3, 0.4) is 0 Å². The predicted octanol–water partition coefficient (Wildman–Crippen LogP) is 5.53. The molecule has 6 rings (SSSR count). The number of piperazine rings is 1. The summed E-state index contributed by atoms with van der Waals surface area (Å²) in [6.07, 6.45) is 2.06. The van der Waals surface area contributed by atoms with Crippen LogP contribution in [0.5, 0.6) is 0 Å². The predicted molar refractivity (Wildman–Crippen MR) is 158 cm³/mol. The lowest BCUT2D eigenvalue weighted by Gasteiger charge is -2.34. The summed E-state index contributed by atoms with van der Waals surface area (Å²) in [5.41, 5.74) is 6.21. The largest absolute Gasteiger partial charge is 0.301 e. The maximum atomic E-state index is 13.7. The monoisotopic (exact) mass is 585 g/mol. The molecule has 214 valence electrons. The van der Waals surface area contributed by atoms with Crippen LogP contribution in [0.25, 0.3) is 28.0 Å². The van der Waals surface area contributed by atoms with Crippen LogP contribution in [0.2, 0.25) is 0 Å². The number of aromatic nitrogens is 2. The highest BCUT2D eigenvalue weighted by atomic mass is 32.2. The summed E-state index contributed by atoms with van der Waals surface area (Å²) in [4.78, 5) is 17.5. The number of nitro benzene ring substituents is 1. The number of nitrogens with zero attached hydrogens (tertiary/aromatic N) is 5. The van der Waals surface area contributed by atoms with Crippen LogP contribution < -0.4 is 0 Å². The Labute approximate surface area is 242 Å². The Kier molecular flexibility index (Phi) is 7.31. The van der Waals surface area contributed by atoms with Gasteiger partial charge in [0.25, 0.3) is 5.69 Å². The molecular weight excluding hydrogens is 557 g/mol. The van der Waals surface area contributed by atoms with Gasteiger partial charge in [0, 0.05) is 56.6 Å². The molecule has 0 radical (unpaired) electrons. The van der Waals surface area contributed by atoms with Crippen molar-refractivity contribution in [2.75, 3.05) is 26.2 Å². The van der Waals surface area contributed by atoms with Crippen molar-refractivity contribution in [2.45, 2.75) is 18.4 Å². The highest BCUT2D eigenvalue weighted by molar-refractivity contribution is 7.89. The fraction of sp³-hybridized carbons (Fsp3) is 0.194. The molecule has 0 unspecified atom stereocenters. The summed E-state index contributed by atoms with van der Waals surface area (Å²) in [6, 6.07) is 23.7. The van der Waals surface area contributed by atoms with Crippen molar-refractivity contribution >= 4 is 21.4 Å². The van der Waals surface area contributed by atoms with E-state index in [-0.39, 0.29) is 29.5 Å². The summed E-state index contributed by atoms with van der Waals surface area (Å²) in [6.45, 7) is 3.94. The minimum atomic E-state index is -3.88. The molecule has 0 amide bonds. The van der Waals surface area contributed by atoms with Gasteiger partial charge in [0.15, 0.2) is 0 Å². The van der Waals surface area contributed by atoms with Gasteiger partial charge in [-0.1, -0.05) is 35.9 Å². The van der Waals surface area contributed by atoms with E-state index in [1.54, 1.807) is 12.1 Å². The van der Waals surface area contributed by atoms with Crippen molar-refractivity contribution in [1.82, 2.24) is 18.6 Å². The first-order valence-corrected chi connectivity index (χ1v) is 14.9. The first kappa shape index (κ1) is 27.7. The molecule has 9 nitrogen and oxygen atoms in total. The van der Waals surface area contributed by atoms with Gasteiger partial charge in [-0.25, -0.2) is 17.8 Å². The van der Waals surface area contributed by atoms with Crippen LogP contribution in [0.15, 0.2) is 96.0 Å². The van der Waals surface area contributed by atoms with E-state index in [0.29, 0.717) is 19.6 Å². The molecule has 5 aromatic rings. The topological polar surface area (TPSA) is 101 Å². The Bertz CT molecular complexity index is 1900. The Morgan fingerprint density at radius 3 is 2.31 bits per heavy atom. The number of sulfonamides is 1. The van der Waals surface area contributed by atoms with Gasteiger partial charge in [-0.15, -0.1) is 0 Å².